The van der Waals surface area contributed by atoms with Gasteiger partial charge < -0.3 is 4.74 Å². The number of thiophene rings is 1. The molecule has 1 amide bonds. The van der Waals surface area contributed by atoms with Crippen LogP contribution in [0.3, 0.4) is 0 Å². The Morgan fingerprint density at radius 1 is 1.19 bits per heavy atom. The molecule has 0 radical (unpaired) electrons. The van der Waals surface area contributed by atoms with E-state index >= 15 is 0 Å². The van der Waals surface area contributed by atoms with Crippen molar-refractivity contribution in [2.24, 2.45) is 5.10 Å². The van der Waals surface area contributed by atoms with E-state index in [-0.39, 0.29) is 5.91 Å². The maximum absolute atomic E-state index is 12.3. The summed E-state index contributed by atoms with van der Waals surface area (Å²) >= 11 is 7.65. The molecule has 5 nitrogen and oxygen atoms in total. The lowest BCUT2D eigenvalue weighted by Crippen LogP contribution is -2.16. The van der Waals surface area contributed by atoms with Gasteiger partial charge in [-0.05, 0) is 36.2 Å². The maximum Gasteiger partial charge on any atom is 0.337 e. The van der Waals surface area contributed by atoms with E-state index < -0.39 is 5.97 Å². The largest absolute Gasteiger partial charge is 0.465 e. The molecule has 7 heteroatoms. The summed E-state index contributed by atoms with van der Waals surface area (Å²) in [5, 5.41) is 5.24. The Morgan fingerprint density at radius 3 is 2.62 bits per heavy atom. The van der Waals surface area contributed by atoms with Crippen molar-refractivity contribution in [2.75, 3.05) is 7.11 Å². The third-order valence-electron chi connectivity index (χ3n) is 3.70. The normalized spacial score (nSPS) is 11.0. The first-order valence-corrected chi connectivity index (χ1v) is 8.89. The molecule has 0 saturated heterocycles. The van der Waals surface area contributed by atoms with Gasteiger partial charge in [-0.15, -0.1) is 11.3 Å². The Bertz CT molecular complexity index is 1010. The van der Waals surface area contributed by atoms with Crippen molar-refractivity contribution in [3.8, 4) is 0 Å². The standard InChI is InChI=1S/C19H15ClN2O3S/c1-11-3-8-14-15(9-11)26-17(16(14)20)18(23)22-21-10-12-4-6-13(7-5-12)19(24)25-2/h3-10H,1-2H3,(H,22,23)/b21-10+. The fourth-order valence-corrected chi connectivity index (χ4v) is 3.86. The third-order valence-corrected chi connectivity index (χ3v) is 5.36. The Kier molecular flexibility index (Phi) is 5.35. The second kappa shape index (κ2) is 7.68. The summed E-state index contributed by atoms with van der Waals surface area (Å²) in [6, 6.07) is 12.5. The van der Waals surface area contributed by atoms with Gasteiger partial charge >= 0.3 is 5.97 Å². The van der Waals surface area contributed by atoms with E-state index in [1.807, 2.05) is 25.1 Å². The van der Waals surface area contributed by atoms with Crippen molar-refractivity contribution in [1.82, 2.24) is 5.43 Å². The second-order valence-electron chi connectivity index (χ2n) is 5.56. The molecule has 26 heavy (non-hydrogen) atoms. The highest BCUT2D eigenvalue weighted by Crippen LogP contribution is 2.35. The highest BCUT2D eigenvalue weighted by atomic mass is 35.5. The van der Waals surface area contributed by atoms with Crippen molar-refractivity contribution >= 4 is 51.1 Å². The molecule has 1 heterocycles. The molecule has 0 aliphatic rings. The minimum atomic E-state index is -0.406. The summed E-state index contributed by atoms with van der Waals surface area (Å²) < 4.78 is 5.60. The predicted molar refractivity (Wildman–Crippen MR) is 104 cm³/mol. The van der Waals surface area contributed by atoms with Gasteiger partial charge in [0.15, 0.2) is 0 Å². The third kappa shape index (κ3) is 3.76. The number of aryl methyl sites for hydroxylation is 1. The summed E-state index contributed by atoms with van der Waals surface area (Å²) in [5.74, 6) is -0.771. The van der Waals surface area contributed by atoms with Gasteiger partial charge in [-0.25, -0.2) is 10.2 Å². The first-order valence-electron chi connectivity index (χ1n) is 7.70. The predicted octanol–water partition coefficient (Wildman–Crippen LogP) is 4.41. The molecule has 0 aliphatic carbocycles. The van der Waals surface area contributed by atoms with E-state index in [1.165, 1.54) is 24.7 Å². The zero-order valence-electron chi connectivity index (χ0n) is 14.1. The number of amides is 1. The van der Waals surface area contributed by atoms with Crippen LogP contribution in [-0.2, 0) is 4.74 Å². The molecule has 1 N–H and O–H groups in total. The fraction of sp³-hybridized carbons (Fsp3) is 0.105. The molecular formula is C19H15ClN2O3S. The van der Waals surface area contributed by atoms with Crippen molar-refractivity contribution in [1.29, 1.82) is 0 Å². The van der Waals surface area contributed by atoms with Crippen LogP contribution in [0.25, 0.3) is 10.1 Å². The average Bonchev–Trinajstić information content (AvgIpc) is 2.97. The van der Waals surface area contributed by atoms with Crippen LogP contribution in [0.5, 0.6) is 0 Å². The number of carbonyl (C=O) groups excluding carboxylic acids is 2. The number of hydrogen-bond donors (Lipinski definition) is 1. The summed E-state index contributed by atoms with van der Waals surface area (Å²) in [6.45, 7) is 1.99. The first-order chi connectivity index (χ1) is 12.5. The molecule has 3 aromatic rings. The minimum absolute atomic E-state index is 0.365. The van der Waals surface area contributed by atoms with Crippen LogP contribution in [0.15, 0.2) is 47.6 Å². The van der Waals surface area contributed by atoms with E-state index in [4.69, 9.17) is 11.6 Å². The molecule has 0 bridgehead atoms. The minimum Gasteiger partial charge on any atom is -0.465 e. The number of ether oxygens (including phenoxy) is 1. The molecule has 0 fully saturated rings. The molecule has 2 aromatic carbocycles. The van der Waals surface area contributed by atoms with Crippen LogP contribution in [0.2, 0.25) is 5.02 Å². The van der Waals surface area contributed by atoms with Gasteiger partial charge in [0.1, 0.15) is 4.88 Å². The smallest absolute Gasteiger partial charge is 0.337 e. The SMILES string of the molecule is COC(=O)c1ccc(/C=N/NC(=O)c2sc3cc(C)ccc3c2Cl)cc1. The van der Waals surface area contributed by atoms with E-state index in [0.29, 0.717) is 15.5 Å². The zero-order chi connectivity index (χ0) is 18.7. The van der Waals surface area contributed by atoms with Crippen molar-refractivity contribution < 1.29 is 14.3 Å². The average molecular weight is 387 g/mol. The first kappa shape index (κ1) is 18.1. The topological polar surface area (TPSA) is 67.8 Å². The van der Waals surface area contributed by atoms with Gasteiger partial charge in [-0.3, -0.25) is 4.79 Å². The number of carbonyl (C=O) groups is 2. The Hall–Kier alpha value is -2.70. The van der Waals surface area contributed by atoms with Gasteiger partial charge in [-0.1, -0.05) is 35.9 Å². The van der Waals surface area contributed by atoms with Crippen LogP contribution < -0.4 is 5.43 Å². The molecule has 0 spiro atoms. The number of rotatable bonds is 4. The number of nitrogens with zero attached hydrogens (tertiary/aromatic N) is 1. The monoisotopic (exact) mass is 386 g/mol. The number of hydrazone groups is 1. The zero-order valence-corrected chi connectivity index (χ0v) is 15.6. The van der Waals surface area contributed by atoms with Crippen LogP contribution >= 0.6 is 22.9 Å². The van der Waals surface area contributed by atoms with E-state index in [1.54, 1.807) is 24.3 Å². The van der Waals surface area contributed by atoms with Crippen molar-refractivity contribution in [3.63, 3.8) is 0 Å². The lowest BCUT2D eigenvalue weighted by molar-refractivity contribution is 0.0600. The highest BCUT2D eigenvalue weighted by molar-refractivity contribution is 7.21. The molecule has 0 atom stereocenters. The highest BCUT2D eigenvalue weighted by Gasteiger charge is 2.16. The summed E-state index contributed by atoms with van der Waals surface area (Å²) in [6.07, 6.45) is 1.49. The lowest BCUT2D eigenvalue weighted by atomic mass is 10.1. The van der Waals surface area contributed by atoms with Gasteiger partial charge in [-0.2, -0.15) is 5.10 Å². The molecule has 0 aliphatic heterocycles. The Morgan fingerprint density at radius 2 is 1.92 bits per heavy atom. The van der Waals surface area contributed by atoms with E-state index in [0.717, 1.165) is 21.2 Å². The van der Waals surface area contributed by atoms with Crippen LogP contribution in [0.4, 0.5) is 0 Å². The van der Waals surface area contributed by atoms with E-state index in [9.17, 15) is 9.59 Å². The molecule has 132 valence electrons. The van der Waals surface area contributed by atoms with Crippen LogP contribution in [0.1, 0.15) is 31.2 Å². The van der Waals surface area contributed by atoms with Crippen molar-refractivity contribution in [2.45, 2.75) is 6.92 Å². The molecular weight excluding hydrogens is 372 g/mol. The van der Waals surface area contributed by atoms with Crippen LogP contribution in [-0.4, -0.2) is 25.2 Å². The number of esters is 1. The maximum atomic E-state index is 12.3. The summed E-state index contributed by atoms with van der Waals surface area (Å²) in [5.41, 5.74) is 4.76. The van der Waals surface area contributed by atoms with Gasteiger partial charge in [0.25, 0.3) is 5.91 Å². The quantitative estimate of drug-likeness (QED) is 0.410. The summed E-state index contributed by atoms with van der Waals surface area (Å²) in [4.78, 5) is 24.1. The van der Waals surface area contributed by atoms with Gasteiger partial charge in [0.2, 0.25) is 0 Å². The van der Waals surface area contributed by atoms with Crippen molar-refractivity contribution in [3.05, 3.63) is 69.1 Å². The number of methoxy groups -OCH3 is 1. The lowest BCUT2D eigenvalue weighted by Gasteiger charge is -2.00. The molecule has 1 aromatic heterocycles. The molecule has 3 rings (SSSR count). The molecule has 0 saturated carbocycles. The Balaban J connectivity index is 1.71. The van der Waals surface area contributed by atoms with E-state index in [2.05, 4.69) is 15.3 Å². The number of hydrogen-bond acceptors (Lipinski definition) is 5. The van der Waals surface area contributed by atoms with Crippen LogP contribution in [0, 0.1) is 6.92 Å². The number of fused-ring (bicyclic) bond motifs is 1. The number of benzene rings is 2. The van der Waals surface area contributed by atoms with Gasteiger partial charge in [0.05, 0.1) is 23.9 Å². The Labute approximate surface area is 159 Å². The fourth-order valence-electron chi connectivity index (χ4n) is 2.36. The second-order valence-corrected chi connectivity index (χ2v) is 6.99. The molecule has 0 unspecified atom stereocenters. The van der Waals surface area contributed by atoms with Gasteiger partial charge in [0, 0.05) is 10.1 Å². The number of nitrogens with one attached hydrogen (secondary N) is 1. The number of halogens is 1. The summed E-state index contributed by atoms with van der Waals surface area (Å²) in [7, 11) is 1.33.